The van der Waals surface area contributed by atoms with Crippen molar-refractivity contribution in [3.05, 3.63) is 30.3 Å². The number of rotatable bonds is 6. The fourth-order valence-electron chi connectivity index (χ4n) is 2.16. The third-order valence-corrected chi connectivity index (χ3v) is 6.62. The standard InChI is InChI=1S/C13H20N2O5S2/c1-12-11-15(8-9-20-12)21(16,17)10-7-14-22(18,19)13-5-3-2-4-6-13/h2-6,12,14H,7-11H2,1H3. The van der Waals surface area contributed by atoms with E-state index in [0.717, 1.165) is 0 Å². The Hall–Kier alpha value is -1.00. The lowest BCUT2D eigenvalue weighted by molar-refractivity contribution is 0.0102. The first-order chi connectivity index (χ1) is 10.3. The number of nitrogens with one attached hydrogen (secondary N) is 1. The Morgan fingerprint density at radius 2 is 1.91 bits per heavy atom. The molecular weight excluding hydrogens is 328 g/mol. The number of hydrogen-bond donors (Lipinski definition) is 1. The van der Waals surface area contributed by atoms with E-state index in [1.54, 1.807) is 25.1 Å². The van der Waals surface area contributed by atoms with Gasteiger partial charge in [-0.3, -0.25) is 0 Å². The summed E-state index contributed by atoms with van der Waals surface area (Å²) in [5, 5.41) is 0. The summed E-state index contributed by atoms with van der Waals surface area (Å²) in [6, 6.07) is 7.85. The van der Waals surface area contributed by atoms with Crippen LogP contribution in [-0.4, -0.2) is 59.2 Å². The second-order valence-electron chi connectivity index (χ2n) is 5.07. The molecule has 0 radical (unpaired) electrons. The highest BCUT2D eigenvalue weighted by Crippen LogP contribution is 2.11. The molecule has 1 aliphatic rings. The Morgan fingerprint density at radius 3 is 2.55 bits per heavy atom. The van der Waals surface area contributed by atoms with Gasteiger partial charge in [-0.15, -0.1) is 0 Å². The van der Waals surface area contributed by atoms with Gasteiger partial charge in [0.1, 0.15) is 0 Å². The summed E-state index contributed by atoms with van der Waals surface area (Å²) in [5.41, 5.74) is 0. The zero-order chi connectivity index (χ0) is 16.2. The molecular formula is C13H20N2O5S2. The SMILES string of the molecule is CC1CN(S(=O)(=O)CCNS(=O)(=O)c2ccccc2)CCO1. The Bertz CT molecular complexity index is 688. The molecule has 1 fully saturated rings. The zero-order valence-electron chi connectivity index (χ0n) is 12.3. The van der Waals surface area contributed by atoms with Crippen molar-refractivity contribution in [1.29, 1.82) is 0 Å². The van der Waals surface area contributed by atoms with Crippen LogP contribution in [0.2, 0.25) is 0 Å². The third-order valence-electron chi connectivity index (χ3n) is 3.30. The average Bonchev–Trinajstić information content (AvgIpc) is 2.48. The molecule has 1 unspecified atom stereocenters. The number of ether oxygens (including phenoxy) is 1. The molecule has 1 saturated heterocycles. The second kappa shape index (κ2) is 7.05. The van der Waals surface area contributed by atoms with E-state index in [-0.39, 0.29) is 23.3 Å². The highest BCUT2D eigenvalue weighted by Gasteiger charge is 2.27. The lowest BCUT2D eigenvalue weighted by Crippen LogP contribution is -2.46. The summed E-state index contributed by atoms with van der Waals surface area (Å²) in [6.07, 6.45) is -0.149. The summed E-state index contributed by atoms with van der Waals surface area (Å²) in [4.78, 5) is 0.118. The van der Waals surface area contributed by atoms with Gasteiger partial charge in [-0.1, -0.05) is 18.2 Å². The van der Waals surface area contributed by atoms with Crippen molar-refractivity contribution in [3.63, 3.8) is 0 Å². The number of benzene rings is 1. The van der Waals surface area contributed by atoms with Crippen molar-refractivity contribution in [2.24, 2.45) is 0 Å². The van der Waals surface area contributed by atoms with Gasteiger partial charge in [-0.25, -0.2) is 21.6 Å². The maximum atomic E-state index is 12.2. The minimum Gasteiger partial charge on any atom is -0.376 e. The van der Waals surface area contributed by atoms with Crippen LogP contribution in [0.1, 0.15) is 6.92 Å². The Kier molecular flexibility index (Phi) is 5.56. The maximum absolute atomic E-state index is 12.2. The summed E-state index contributed by atoms with van der Waals surface area (Å²) >= 11 is 0. The van der Waals surface area contributed by atoms with Crippen LogP contribution in [0.15, 0.2) is 35.2 Å². The topological polar surface area (TPSA) is 92.8 Å². The zero-order valence-corrected chi connectivity index (χ0v) is 13.9. The normalized spacial score (nSPS) is 20.9. The molecule has 1 aliphatic heterocycles. The predicted molar refractivity (Wildman–Crippen MR) is 82.4 cm³/mol. The first-order valence-corrected chi connectivity index (χ1v) is 10.0. The van der Waals surface area contributed by atoms with E-state index < -0.39 is 20.0 Å². The molecule has 0 bridgehead atoms. The van der Waals surface area contributed by atoms with Crippen LogP contribution in [0.4, 0.5) is 0 Å². The number of nitrogens with zero attached hydrogens (tertiary/aromatic N) is 1. The second-order valence-corrected chi connectivity index (χ2v) is 8.92. The van der Waals surface area contributed by atoms with Gasteiger partial charge in [0, 0.05) is 19.6 Å². The van der Waals surface area contributed by atoms with Gasteiger partial charge in [0.25, 0.3) is 0 Å². The highest BCUT2D eigenvalue weighted by molar-refractivity contribution is 7.90. The van der Waals surface area contributed by atoms with Crippen molar-refractivity contribution in [2.45, 2.75) is 17.9 Å². The third kappa shape index (κ3) is 4.50. The fraction of sp³-hybridized carbons (Fsp3) is 0.538. The molecule has 124 valence electrons. The maximum Gasteiger partial charge on any atom is 0.240 e. The number of morpholine rings is 1. The molecule has 1 aromatic rings. The molecule has 0 aliphatic carbocycles. The quantitative estimate of drug-likeness (QED) is 0.782. The number of hydrogen-bond acceptors (Lipinski definition) is 5. The van der Waals surface area contributed by atoms with Crippen molar-refractivity contribution < 1.29 is 21.6 Å². The molecule has 0 saturated carbocycles. The van der Waals surface area contributed by atoms with Crippen LogP contribution in [-0.2, 0) is 24.8 Å². The van der Waals surface area contributed by atoms with Crippen LogP contribution in [0.5, 0.6) is 0 Å². The molecule has 22 heavy (non-hydrogen) atoms. The van der Waals surface area contributed by atoms with Gasteiger partial charge in [-0.05, 0) is 19.1 Å². The molecule has 1 aromatic carbocycles. The van der Waals surface area contributed by atoms with Gasteiger partial charge in [0.2, 0.25) is 20.0 Å². The Morgan fingerprint density at radius 1 is 1.23 bits per heavy atom. The van der Waals surface area contributed by atoms with Gasteiger partial charge < -0.3 is 4.74 Å². The van der Waals surface area contributed by atoms with Gasteiger partial charge in [-0.2, -0.15) is 4.31 Å². The molecule has 1 atom stereocenters. The van der Waals surface area contributed by atoms with E-state index in [0.29, 0.717) is 19.7 Å². The van der Waals surface area contributed by atoms with Crippen LogP contribution in [0, 0.1) is 0 Å². The van der Waals surface area contributed by atoms with Crippen molar-refractivity contribution >= 4 is 20.0 Å². The lowest BCUT2D eigenvalue weighted by atomic mass is 10.3. The fourth-order valence-corrected chi connectivity index (χ4v) is 4.75. The summed E-state index contributed by atoms with van der Waals surface area (Å²) < 4.78 is 57.4. The van der Waals surface area contributed by atoms with Crippen molar-refractivity contribution in [2.75, 3.05) is 32.0 Å². The molecule has 9 heteroatoms. The minimum absolute atomic E-state index is 0.118. The largest absolute Gasteiger partial charge is 0.376 e. The monoisotopic (exact) mass is 348 g/mol. The molecule has 0 amide bonds. The molecule has 0 aromatic heterocycles. The van der Waals surface area contributed by atoms with Crippen LogP contribution < -0.4 is 4.72 Å². The molecule has 0 spiro atoms. The van der Waals surface area contributed by atoms with E-state index in [1.807, 2.05) is 0 Å². The first-order valence-electron chi connectivity index (χ1n) is 6.95. The predicted octanol–water partition coefficient (Wildman–Crippen LogP) is 0.0154. The van der Waals surface area contributed by atoms with E-state index in [1.165, 1.54) is 16.4 Å². The van der Waals surface area contributed by atoms with Gasteiger partial charge in [0.05, 0.1) is 23.4 Å². The van der Waals surface area contributed by atoms with Gasteiger partial charge in [0.15, 0.2) is 0 Å². The van der Waals surface area contributed by atoms with Crippen LogP contribution in [0.25, 0.3) is 0 Å². The number of sulfonamides is 2. The van der Waals surface area contributed by atoms with E-state index in [9.17, 15) is 16.8 Å². The van der Waals surface area contributed by atoms with E-state index in [2.05, 4.69) is 4.72 Å². The lowest BCUT2D eigenvalue weighted by Gasteiger charge is -2.30. The highest BCUT2D eigenvalue weighted by atomic mass is 32.2. The van der Waals surface area contributed by atoms with Crippen LogP contribution >= 0.6 is 0 Å². The minimum atomic E-state index is -3.68. The van der Waals surface area contributed by atoms with Gasteiger partial charge >= 0.3 is 0 Å². The average molecular weight is 348 g/mol. The summed E-state index contributed by atoms with van der Waals surface area (Å²) in [5.74, 6) is -0.272. The molecule has 1 heterocycles. The first kappa shape index (κ1) is 17.4. The van der Waals surface area contributed by atoms with Crippen LogP contribution in [0.3, 0.4) is 0 Å². The van der Waals surface area contributed by atoms with Crippen molar-refractivity contribution in [3.8, 4) is 0 Å². The molecule has 2 rings (SSSR count). The summed E-state index contributed by atoms with van der Waals surface area (Å²) in [7, 11) is -7.18. The van der Waals surface area contributed by atoms with Crippen molar-refractivity contribution in [1.82, 2.24) is 9.03 Å². The van der Waals surface area contributed by atoms with E-state index in [4.69, 9.17) is 4.74 Å². The smallest absolute Gasteiger partial charge is 0.240 e. The summed E-state index contributed by atoms with van der Waals surface area (Å²) in [6.45, 7) is 2.60. The molecule has 7 nitrogen and oxygen atoms in total. The molecule has 1 N–H and O–H groups in total. The Labute approximate surface area is 131 Å². The Balaban J connectivity index is 1.93. The van der Waals surface area contributed by atoms with E-state index >= 15 is 0 Å².